The van der Waals surface area contributed by atoms with Crippen LogP contribution in [-0.2, 0) is 7.05 Å². The summed E-state index contributed by atoms with van der Waals surface area (Å²) in [5, 5.41) is 9.40. The summed E-state index contributed by atoms with van der Waals surface area (Å²) in [4.78, 5) is 11.4. The third kappa shape index (κ3) is 1.46. The third-order valence-electron chi connectivity index (χ3n) is 2.30. The Labute approximate surface area is 87.4 Å². The van der Waals surface area contributed by atoms with Gasteiger partial charge in [0.2, 0.25) is 0 Å². The number of aliphatic hydroxyl groups is 1. The number of benzene rings is 1. The number of aryl methyl sites for hydroxylation is 1. The molecule has 14 heavy (non-hydrogen) atoms. The van der Waals surface area contributed by atoms with Crippen LogP contribution in [0.15, 0.2) is 23.0 Å². The maximum absolute atomic E-state index is 11.4. The Morgan fingerprint density at radius 3 is 2.86 bits per heavy atom. The molecule has 3 nitrogen and oxygen atoms in total. The number of fused-ring (bicyclic) bond motifs is 1. The summed E-state index contributed by atoms with van der Waals surface area (Å²) in [7, 11) is 1.79. The van der Waals surface area contributed by atoms with E-state index in [4.69, 9.17) is 0 Å². The van der Waals surface area contributed by atoms with E-state index in [1.54, 1.807) is 18.5 Å². The zero-order valence-corrected chi connectivity index (χ0v) is 9.73. The van der Waals surface area contributed by atoms with Crippen molar-refractivity contribution in [1.82, 2.24) is 4.57 Å². The molecule has 0 aliphatic carbocycles. The Hall–Kier alpha value is -0.831. The van der Waals surface area contributed by atoms with E-state index >= 15 is 0 Å². The van der Waals surface area contributed by atoms with Crippen molar-refractivity contribution in [3.8, 4) is 0 Å². The quantitative estimate of drug-likeness (QED) is 0.761. The van der Waals surface area contributed by atoms with Crippen molar-refractivity contribution < 1.29 is 5.11 Å². The van der Waals surface area contributed by atoms with Crippen LogP contribution in [0.25, 0.3) is 9.78 Å². The number of nitrogens with zero attached hydrogens (tertiary/aromatic N) is 1. The van der Waals surface area contributed by atoms with Crippen LogP contribution >= 0.6 is 0 Å². The van der Waals surface area contributed by atoms with Gasteiger partial charge in [0.1, 0.15) is 0 Å². The molecule has 0 aliphatic rings. The number of aliphatic hydroxyl groups excluding tert-OH is 1. The van der Waals surface area contributed by atoms with Gasteiger partial charge in [-0.15, -0.1) is 0 Å². The summed E-state index contributed by atoms with van der Waals surface area (Å²) in [6.45, 7) is 1.73. The summed E-state index contributed by atoms with van der Waals surface area (Å²) in [6, 6.07) is 5.71. The molecule has 0 radical (unpaired) electrons. The fourth-order valence-electron chi connectivity index (χ4n) is 1.41. The molecule has 1 atom stereocenters. The van der Waals surface area contributed by atoms with Gasteiger partial charge in [-0.05, 0) is 0 Å². The second-order valence-corrected chi connectivity index (χ2v) is 5.41. The molecule has 0 amide bonds. The van der Waals surface area contributed by atoms with E-state index in [1.807, 2.05) is 18.2 Å². The molecule has 1 aromatic heterocycles. The fourth-order valence-corrected chi connectivity index (χ4v) is 3.36. The first-order valence-electron chi connectivity index (χ1n) is 4.37. The number of hydrogen-bond donors (Lipinski definition) is 1. The summed E-state index contributed by atoms with van der Waals surface area (Å²) < 4.78 is 2.93. The molecule has 0 saturated carbocycles. The molecule has 0 aliphatic heterocycles. The predicted molar refractivity (Wildman–Crippen MR) is 56.8 cm³/mol. The summed E-state index contributed by atoms with van der Waals surface area (Å²) >= 11 is -0.116. The van der Waals surface area contributed by atoms with Crippen LogP contribution in [-0.4, -0.2) is 24.2 Å². The Bertz CT molecular complexity index is 524. The van der Waals surface area contributed by atoms with Crippen molar-refractivity contribution in [3.05, 3.63) is 33.0 Å². The van der Waals surface area contributed by atoms with Gasteiger partial charge in [0.15, 0.2) is 0 Å². The third-order valence-corrected chi connectivity index (χ3v) is 4.39. The van der Waals surface area contributed by atoms with E-state index < -0.39 is 6.10 Å². The first-order valence-corrected chi connectivity index (χ1v) is 6.08. The Morgan fingerprint density at radius 1 is 1.50 bits per heavy atom. The first-order chi connectivity index (χ1) is 6.59. The zero-order valence-electron chi connectivity index (χ0n) is 8.02. The van der Waals surface area contributed by atoms with E-state index in [1.165, 1.54) is 0 Å². The van der Waals surface area contributed by atoms with E-state index in [2.05, 4.69) is 0 Å². The SMILES string of the molecule is CC(O)c1ccc2c(c1)[se]c(=O)n2C. The fraction of sp³-hybridized carbons (Fsp3) is 0.300. The Balaban J connectivity index is 2.73. The predicted octanol–water partition coefficient (Wildman–Crippen LogP) is 0.649. The monoisotopic (exact) mass is 257 g/mol. The molecule has 0 bridgehead atoms. The molecular formula is C10H11NO2Se. The van der Waals surface area contributed by atoms with Crippen molar-refractivity contribution in [3.63, 3.8) is 0 Å². The van der Waals surface area contributed by atoms with Gasteiger partial charge in [-0.2, -0.15) is 0 Å². The van der Waals surface area contributed by atoms with Crippen LogP contribution in [0.3, 0.4) is 0 Å². The summed E-state index contributed by atoms with van der Waals surface area (Å²) in [5.41, 5.74) is 1.87. The number of hydrogen-bond acceptors (Lipinski definition) is 2. The molecule has 2 aromatic rings. The Morgan fingerprint density at radius 2 is 2.21 bits per heavy atom. The summed E-state index contributed by atoms with van der Waals surface area (Å²) in [5.74, 6) is 0. The Kier molecular flexibility index (Phi) is 2.35. The first kappa shape index (κ1) is 9.71. The normalized spacial score (nSPS) is 13.4. The van der Waals surface area contributed by atoms with Crippen molar-refractivity contribution >= 4 is 24.3 Å². The van der Waals surface area contributed by atoms with E-state index in [9.17, 15) is 9.90 Å². The van der Waals surface area contributed by atoms with Gasteiger partial charge in [0.05, 0.1) is 0 Å². The van der Waals surface area contributed by atoms with Crippen LogP contribution in [0, 0.1) is 0 Å². The van der Waals surface area contributed by atoms with Gasteiger partial charge in [0, 0.05) is 0 Å². The van der Waals surface area contributed by atoms with E-state index in [0.29, 0.717) is 0 Å². The van der Waals surface area contributed by atoms with E-state index in [0.717, 1.165) is 15.3 Å². The minimum absolute atomic E-state index is 0.116. The van der Waals surface area contributed by atoms with Crippen LogP contribution < -0.4 is 4.43 Å². The second kappa shape index (κ2) is 3.39. The average molecular weight is 256 g/mol. The second-order valence-electron chi connectivity index (χ2n) is 3.33. The standard InChI is InChI=1S/C10H11NO2Se/c1-6(12)7-3-4-8-9(5-7)14-10(13)11(8)2/h3-6,12H,1-2H3. The average Bonchev–Trinajstić information content (AvgIpc) is 2.42. The van der Waals surface area contributed by atoms with E-state index in [-0.39, 0.29) is 18.9 Å². The topological polar surface area (TPSA) is 42.2 Å². The van der Waals surface area contributed by atoms with Crippen LogP contribution in [0.2, 0.25) is 0 Å². The van der Waals surface area contributed by atoms with Gasteiger partial charge in [-0.1, -0.05) is 0 Å². The van der Waals surface area contributed by atoms with Gasteiger partial charge in [-0.25, -0.2) is 0 Å². The van der Waals surface area contributed by atoms with Crippen molar-refractivity contribution in [2.75, 3.05) is 0 Å². The molecule has 1 aromatic carbocycles. The van der Waals surface area contributed by atoms with Crippen molar-refractivity contribution in [1.29, 1.82) is 0 Å². The van der Waals surface area contributed by atoms with Crippen LogP contribution in [0.4, 0.5) is 0 Å². The molecule has 2 rings (SSSR count). The number of rotatable bonds is 1. The molecule has 0 saturated heterocycles. The van der Waals surface area contributed by atoms with Crippen molar-refractivity contribution in [2.24, 2.45) is 7.05 Å². The molecule has 74 valence electrons. The van der Waals surface area contributed by atoms with Gasteiger partial charge in [-0.3, -0.25) is 0 Å². The van der Waals surface area contributed by atoms with Gasteiger partial charge in [0.25, 0.3) is 0 Å². The van der Waals surface area contributed by atoms with Crippen LogP contribution in [0.1, 0.15) is 18.6 Å². The maximum atomic E-state index is 11.4. The molecule has 1 unspecified atom stereocenters. The van der Waals surface area contributed by atoms with Gasteiger partial charge >= 0.3 is 87.0 Å². The van der Waals surface area contributed by atoms with Gasteiger partial charge < -0.3 is 0 Å². The van der Waals surface area contributed by atoms with Crippen molar-refractivity contribution in [2.45, 2.75) is 13.0 Å². The van der Waals surface area contributed by atoms with Crippen LogP contribution in [0.5, 0.6) is 0 Å². The molecule has 0 spiro atoms. The summed E-state index contributed by atoms with van der Waals surface area (Å²) in [6.07, 6.45) is -0.461. The molecule has 1 heterocycles. The number of aromatic nitrogens is 1. The molecule has 1 N–H and O–H groups in total. The zero-order chi connectivity index (χ0) is 10.3. The minimum atomic E-state index is -0.461. The molecule has 4 heteroatoms. The molecular weight excluding hydrogens is 245 g/mol. The molecule has 0 fully saturated rings.